The van der Waals surface area contributed by atoms with Crippen LogP contribution in [-0.2, 0) is 4.79 Å². The molecular formula is C15H21N3O2S. The maximum atomic E-state index is 12.4. The summed E-state index contributed by atoms with van der Waals surface area (Å²) >= 11 is 1.54. The molecule has 1 atom stereocenters. The Labute approximate surface area is 128 Å². The Hall–Kier alpha value is -1.40. The molecule has 0 bridgehead atoms. The van der Waals surface area contributed by atoms with E-state index in [1.165, 1.54) is 11.3 Å². The fourth-order valence-electron chi connectivity index (χ4n) is 3.02. The highest BCUT2D eigenvalue weighted by molar-refractivity contribution is 7.08. The summed E-state index contributed by atoms with van der Waals surface area (Å²) in [5, 5.41) is 7.09. The molecule has 3 rings (SSSR count). The summed E-state index contributed by atoms with van der Waals surface area (Å²) in [6, 6.07) is 1.86. The fraction of sp³-hybridized carbons (Fsp3) is 0.600. The molecule has 2 fully saturated rings. The fourth-order valence-corrected chi connectivity index (χ4v) is 3.65. The third-order valence-corrected chi connectivity index (χ3v) is 4.98. The van der Waals surface area contributed by atoms with Crippen molar-refractivity contribution in [2.75, 3.05) is 39.3 Å². The molecule has 2 amide bonds. The number of rotatable bonds is 2. The van der Waals surface area contributed by atoms with Gasteiger partial charge in [0.25, 0.3) is 5.91 Å². The molecule has 0 saturated carbocycles. The molecule has 2 aliphatic rings. The van der Waals surface area contributed by atoms with Crippen LogP contribution in [-0.4, -0.2) is 60.9 Å². The van der Waals surface area contributed by atoms with Crippen LogP contribution in [0.4, 0.5) is 0 Å². The molecule has 5 nitrogen and oxygen atoms in total. The van der Waals surface area contributed by atoms with Crippen LogP contribution in [0.3, 0.4) is 0 Å². The van der Waals surface area contributed by atoms with Gasteiger partial charge in [-0.05, 0) is 30.8 Å². The predicted octanol–water partition coefficient (Wildman–Crippen LogP) is 1.03. The lowest BCUT2D eigenvalue weighted by molar-refractivity contribution is -0.137. The molecule has 0 radical (unpaired) electrons. The summed E-state index contributed by atoms with van der Waals surface area (Å²) in [5.41, 5.74) is 0.760. The Morgan fingerprint density at radius 3 is 2.57 bits per heavy atom. The maximum Gasteiger partial charge on any atom is 0.254 e. The number of carbonyl (C=O) groups excluding carboxylic acids is 2. The Morgan fingerprint density at radius 1 is 1.19 bits per heavy atom. The lowest BCUT2D eigenvalue weighted by Crippen LogP contribution is -2.53. The van der Waals surface area contributed by atoms with Gasteiger partial charge in [-0.1, -0.05) is 0 Å². The van der Waals surface area contributed by atoms with Crippen LogP contribution in [0.15, 0.2) is 16.8 Å². The van der Waals surface area contributed by atoms with Crippen LogP contribution >= 0.6 is 11.3 Å². The van der Waals surface area contributed by atoms with E-state index in [1.807, 2.05) is 26.6 Å². The second kappa shape index (κ2) is 6.58. The molecule has 0 spiro atoms. The number of thiophene rings is 1. The van der Waals surface area contributed by atoms with Gasteiger partial charge in [-0.2, -0.15) is 11.3 Å². The van der Waals surface area contributed by atoms with E-state index < -0.39 is 0 Å². The molecule has 6 heteroatoms. The van der Waals surface area contributed by atoms with Gasteiger partial charge in [0.05, 0.1) is 11.5 Å². The number of amides is 2. The maximum absolute atomic E-state index is 12.4. The van der Waals surface area contributed by atoms with Crippen molar-refractivity contribution in [3.8, 4) is 0 Å². The van der Waals surface area contributed by atoms with E-state index in [0.717, 1.165) is 31.5 Å². The highest BCUT2D eigenvalue weighted by Crippen LogP contribution is 2.16. The summed E-state index contributed by atoms with van der Waals surface area (Å²) in [6.45, 7) is 4.41. The van der Waals surface area contributed by atoms with Crippen molar-refractivity contribution < 1.29 is 9.59 Å². The van der Waals surface area contributed by atoms with Crippen molar-refractivity contribution in [3.05, 3.63) is 22.4 Å². The van der Waals surface area contributed by atoms with E-state index in [-0.39, 0.29) is 17.7 Å². The SMILES string of the molecule is O=C(c1ccsc1)N1CCN(C(=O)[C@H]2CCCNC2)CC1. The molecular weight excluding hydrogens is 286 g/mol. The first-order valence-electron chi connectivity index (χ1n) is 7.56. The van der Waals surface area contributed by atoms with Gasteiger partial charge >= 0.3 is 0 Å². The minimum Gasteiger partial charge on any atom is -0.339 e. The van der Waals surface area contributed by atoms with Crippen LogP contribution in [0.1, 0.15) is 23.2 Å². The minimum absolute atomic E-state index is 0.0858. The third kappa shape index (κ3) is 3.27. The summed E-state index contributed by atoms with van der Waals surface area (Å²) in [7, 11) is 0. The van der Waals surface area contributed by atoms with E-state index in [1.54, 1.807) is 0 Å². The van der Waals surface area contributed by atoms with Gasteiger partial charge in [0.2, 0.25) is 5.91 Å². The molecule has 3 heterocycles. The number of piperidine rings is 1. The van der Waals surface area contributed by atoms with Crippen molar-refractivity contribution in [1.29, 1.82) is 0 Å². The molecule has 1 aromatic heterocycles. The van der Waals surface area contributed by atoms with Crippen LogP contribution in [0.2, 0.25) is 0 Å². The number of nitrogens with one attached hydrogen (secondary N) is 1. The number of hydrogen-bond acceptors (Lipinski definition) is 4. The van der Waals surface area contributed by atoms with Crippen molar-refractivity contribution in [1.82, 2.24) is 15.1 Å². The highest BCUT2D eigenvalue weighted by atomic mass is 32.1. The smallest absolute Gasteiger partial charge is 0.254 e. The van der Waals surface area contributed by atoms with Gasteiger partial charge in [0.1, 0.15) is 0 Å². The van der Waals surface area contributed by atoms with Crippen LogP contribution in [0.5, 0.6) is 0 Å². The first-order chi connectivity index (χ1) is 10.3. The molecule has 2 saturated heterocycles. The zero-order valence-electron chi connectivity index (χ0n) is 12.1. The Morgan fingerprint density at radius 2 is 1.95 bits per heavy atom. The second-order valence-electron chi connectivity index (χ2n) is 5.67. The van der Waals surface area contributed by atoms with E-state index in [0.29, 0.717) is 26.2 Å². The average Bonchev–Trinajstić information content (AvgIpc) is 3.09. The van der Waals surface area contributed by atoms with Gasteiger partial charge in [-0.25, -0.2) is 0 Å². The summed E-state index contributed by atoms with van der Waals surface area (Å²) < 4.78 is 0. The van der Waals surface area contributed by atoms with E-state index in [4.69, 9.17) is 0 Å². The molecule has 2 aliphatic heterocycles. The standard InChI is InChI=1S/C15H21N3O2S/c19-14(12-2-1-4-16-10-12)17-5-7-18(8-6-17)15(20)13-3-9-21-11-13/h3,9,11-12,16H,1-2,4-8,10H2/t12-/m0/s1. The normalized spacial score (nSPS) is 23.1. The van der Waals surface area contributed by atoms with E-state index in [9.17, 15) is 9.59 Å². The number of hydrogen-bond donors (Lipinski definition) is 1. The highest BCUT2D eigenvalue weighted by Gasteiger charge is 2.29. The molecule has 0 aromatic carbocycles. The molecule has 21 heavy (non-hydrogen) atoms. The Bertz CT molecular complexity index is 489. The van der Waals surface area contributed by atoms with Gasteiger partial charge in [-0.15, -0.1) is 0 Å². The topological polar surface area (TPSA) is 52.7 Å². The van der Waals surface area contributed by atoms with Crippen molar-refractivity contribution in [3.63, 3.8) is 0 Å². The van der Waals surface area contributed by atoms with Crippen LogP contribution in [0.25, 0.3) is 0 Å². The van der Waals surface area contributed by atoms with Crippen molar-refractivity contribution in [2.24, 2.45) is 5.92 Å². The molecule has 1 N–H and O–H groups in total. The quantitative estimate of drug-likeness (QED) is 0.888. The number of piperazine rings is 1. The van der Waals surface area contributed by atoms with Crippen molar-refractivity contribution in [2.45, 2.75) is 12.8 Å². The summed E-state index contributed by atoms with van der Waals surface area (Å²) in [6.07, 6.45) is 2.06. The summed E-state index contributed by atoms with van der Waals surface area (Å²) in [4.78, 5) is 28.5. The van der Waals surface area contributed by atoms with E-state index in [2.05, 4.69) is 5.32 Å². The van der Waals surface area contributed by atoms with Gasteiger partial charge in [-0.3, -0.25) is 9.59 Å². The third-order valence-electron chi connectivity index (χ3n) is 4.29. The first kappa shape index (κ1) is 14.5. The average molecular weight is 307 g/mol. The number of nitrogens with zero attached hydrogens (tertiary/aromatic N) is 2. The van der Waals surface area contributed by atoms with Crippen molar-refractivity contribution >= 4 is 23.2 Å². The first-order valence-corrected chi connectivity index (χ1v) is 8.51. The Kier molecular flexibility index (Phi) is 4.55. The summed E-state index contributed by atoms with van der Waals surface area (Å²) in [5.74, 6) is 0.463. The molecule has 0 unspecified atom stereocenters. The minimum atomic E-state index is 0.0858. The molecule has 1 aromatic rings. The Balaban J connectivity index is 1.52. The van der Waals surface area contributed by atoms with E-state index >= 15 is 0 Å². The lowest BCUT2D eigenvalue weighted by Gasteiger charge is -2.37. The van der Waals surface area contributed by atoms with Crippen LogP contribution in [0, 0.1) is 5.92 Å². The molecule has 0 aliphatic carbocycles. The molecule has 114 valence electrons. The monoisotopic (exact) mass is 307 g/mol. The largest absolute Gasteiger partial charge is 0.339 e. The predicted molar refractivity (Wildman–Crippen MR) is 82.4 cm³/mol. The van der Waals surface area contributed by atoms with Gasteiger partial charge in [0, 0.05) is 38.1 Å². The van der Waals surface area contributed by atoms with Gasteiger partial charge in [0.15, 0.2) is 0 Å². The zero-order chi connectivity index (χ0) is 14.7. The number of carbonyl (C=O) groups is 2. The zero-order valence-corrected chi connectivity index (χ0v) is 12.9. The van der Waals surface area contributed by atoms with Gasteiger partial charge < -0.3 is 15.1 Å². The second-order valence-corrected chi connectivity index (χ2v) is 6.45. The van der Waals surface area contributed by atoms with Crippen LogP contribution < -0.4 is 5.32 Å². The lowest BCUT2D eigenvalue weighted by atomic mass is 9.98.